The number of hydrogen-bond donors (Lipinski definition) is 3. The highest BCUT2D eigenvalue weighted by molar-refractivity contribution is 6.01. The summed E-state index contributed by atoms with van der Waals surface area (Å²) < 4.78 is 0. The Bertz CT molecular complexity index is 595. The van der Waals surface area contributed by atoms with Crippen molar-refractivity contribution in [3.8, 4) is 0 Å². The molecule has 0 unspecified atom stereocenters. The van der Waals surface area contributed by atoms with Gasteiger partial charge < -0.3 is 26.2 Å². The first-order valence-electron chi connectivity index (χ1n) is 8.27. The highest BCUT2D eigenvalue weighted by Crippen LogP contribution is 2.22. The van der Waals surface area contributed by atoms with Crippen LogP contribution in [0.4, 0.5) is 11.4 Å². The Labute approximate surface area is 143 Å². The van der Waals surface area contributed by atoms with E-state index in [1.54, 1.807) is 12.1 Å². The van der Waals surface area contributed by atoms with Crippen molar-refractivity contribution in [2.45, 2.75) is 19.9 Å². The van der Waals surface area contributed by atoms with Crippen molar-refractivity contribution < 1.29 is 9.59 Å². The molecule has 0 saturated carbocycles. The minimum absolute atomic E-state index is 0.0417. The molecule has 1 aliphatic heterocycles. The molecule has 0 aromatic heterocycles. The van der Waals surface area contributed by atoms with Gasteiger partial charge in [0.2, 0.25) is 5.91 Å². The van der Waals surface area contributed by atoms with Crippen molar-refractivity contribution in [3.63, 3.8) is 0 Å². The summed E-state index contributed by atoms with van der Waals surface area (Å²) >= 11 is 0. The van der Waals surface area contributed by atoms with Crippen LogP contribution >= 0.6 is 0 Å². The van der Waals surface area contributed by atoms with Crippen LogP contribution in [0, 0.1) is 0 Å². The number of anilines is 2. The average molecular weight is 333 g/mol. The van der Waals surface area contributed by atoms with Gasteiger partial charge >= 0.3 is 0 Å². The van der Waals surface area contributed by atoms with E-state index in [9.17, 15) is 9.59 Å². The fraction of sp³-hybridized carbons (Fsp3) is 0.529. The Morgan fingerprint density at radius 1 is 1.21 bits per heavy atom. The van der Waals surface area contributed by atoms with Gasteiger partial charge in [0.25, 0.3) is 5.91 Å². The first-order valence-corrected chi connectivity index (χ1v) is 8.27. The number of nitrogen functional groups attached to an aromatic ring is 1. The van der Waals surface area contributed by atoms with Crippen LogP contribution in [0.3, 0.4) is 0 Å². The molecule has 7 heteroatoms. The lowest BCUT2D eigenvalue weighted by atomic mass is 10.1. The van der Waals surface area contributed by atoms with E-state index >= 15 is 0 Å². The molecular formula is C17H27N5O2. The fourth-order valence-corrected chi connectivity index (χ4v) is 2.63. The van der Waals surface area contributed by atoms with Gasteiger partial charge in [-0.2, -0.15) is 0 Å². The van der Waals surface area contributed by atoms with Crippen LogP contribution in [0.15, 0.2) is 18.2 Å². The van der Waals surface area contributed by atoms with Gasteiger partial charge in [0, 0.05) is 43.6 Å². The molecule has 1 aromatic rings. The van der Waals surface area contributed by atoms with E-state index in [1.165, 1.54) is 0 Å². The first kappa shape index (κ1) is 18.1. The number of rotatable bonds is 5. The minimum Gasteiger partial charge on any atom is -0.398 e. The molecule has 24 heavy (non-hydrogen) atoms. The SMILES string of the molecule is CC(C)NC(=O)CNC(=O)c1cc(N2CCN(C)CC2)ccc1N. The van der Waals surface area contributed by atoms with E-state index in [1.807, 2.05) is 19.9 Å². The molecule has 0 bridgehead atoms. The summed E-state index contributed by atoms with van der Waals surface area (Å²) in [4.78, 5) is 28.5. The van der Waals surface area contributed by atoms with Crippen LogP contribution in [-0.2, 0) is 4.79 Å². The van der Waals surface area contributed by atoms with Crippen LogP contribution in [0.25, 0.3) is 0 Å². The van der Waals surface area contributed by atoms with Crippen molar-refractivity contribution in [1.82, 2.24) is 15.5 Å². The number of carbonyl (C=O) groups is 2. The van der Waals surface area contributed by atoms with E-state index in [-0.39, 0.29) is 24.4 Å². The number of nitrogens with two attached hydrogens (primary N) is 1. The van der Waals surface area contributed by atoms with Gasteiger partial charge in [-0.3, -0.25) is 9.59 Å². The van der Waals surface area contributed by atoms with Crippen LogP contribution in [-0.4, -0.2) is 62.5 Å². The summed E-state index contributed by atoms with van der Waals surface area (Å²) in [6, 6.07) is 5.52. The van der Waals surface area contributed by atoms with Crippen LogP contribution in [0.5, 0.6) is 0 Å². The van der Waals surface area contributed by atoms with Gasteiger partial charge in [-0.1, -0.05) is 0 Å². The molecule has 7 nitrogen and oxygen atoms in total. The summed E-state index contributed by atoms with van der Waals surface area (Å²) in [7, 11) is 2.10. The van der Waals surface area contributed by atoms with Crippen molar-refractivity contribution in [2.24, 2.45) is 0 Å². The number of nitrogens with one attached hydrogen (secondary N) is 2. The zero-order valence-corrected chi connectivity index (χ0v) is 14.6. The first-order chi connectivity index (χ1) is 11.4. The molecule has 2 rings (SSSR count). The molecule has 1 aromatic carbocycles. The number of nitrogens with zero attached hydrogens (tertiary/aromatic N) is 2. The van der Waals surface area contributed by atoms with Crippen molar-refractivity contribution in [2.75, 3.05) is 50.4 Å². The number of carbonyl (C=O) groups excluding carboxylic acids is 2. The maximum Gasteiger partial charge on any atom is 0.253 e. The average Bonchev–Trinajstić information content (AvgIpc) is 2.53. The van der Waals surface area contributed by atoms with Crippen molar-refractivity contribution >= 4 is 23.2 Å². The third-order valence-corrected chi connectivity index (χ3v) is 4.01. The van der Waals surface area contributed by atoms with E-state index in [0.717, 1.165) is 31.9 Å². The standard InChI is InChI=1S/C17H27N5O2/c1-12(2)20-16(23)11-19-17(24)14-10-13(4-5-15(14)18)22-8-6-21(3)7-9-22/h4-5,10,12H,6-9,11,18H2,1-3H3,(H,19,24)(H,20,23). The van der Waals surface area contributed by atoms with Gasteiger partial charge in [-0.25, -0.2) is 0 Å². The summed E-state index contributed by atoms with van der Waals surface area (Å²) in [5.74, 6) is -0.547. The lowest BCUT2D eigenvalue weighted by Gasteiger charge is -2.34. The molecule has 1 saturated heterocycles. The van der Waals surface area contributed by atoms with E-state index in [2.05, 4.69) is 27.5 Å². The monoisotopic (exact) mass is 333 g/mol. The lowest BCUT2D eigenvalue weighted by molar-refractivity contribution is -0.120. The van der Waals surface area contributed by atoms with Crippen LogP contribution in [0.2, 0.25) is 0 Å². The number of piperazine rings is 1. The predicted molar refractivity (Wildman–Crippen MR) is 96.2 cm³/mol. The topological polar surface area (TPSA) is 90.7 Å². The second kappa shape index (κ2) is 8.01. The van der Waals surface area contributed by atoms with Gasteiger partial charge in [0.15, 0.2) is 0 Å². The van der Waals surface area contributed by atoms with E-state index in [0.29, 0.717) is 11.3 Å². The third kappa shape index (κ3) is 4.86. The Hall–Kier alpha value is -2.28. The Morgan fingerprint density at radius 3 is 2.50 bits per heavy atom. The largest absolute Gasteiger partial charge is 0.398 e. The predicted octanol–water partition coefficient (Wildman–Crippen LogP) is 0.275. The fourth-order valence-electron chi connectivity index (χ4n) is 2.63. The number of benzene rings is 1. The molecule has 1 fully saturated rings. The molecule has 0 radical (unpaired) electrons. The van der Waals surface area contributed by atoms with E-state index in [4.69, 9.17) is 5.73 Å². The van der Waals surface area contributed by atoms with Gasteiger partial charge in [0.1, 0.15) is 0 Å². The van der Waals surface area contributed by atoms with Crippen LogP contribution < -0.4 is 21.3 Å². The van der Waals surface area contributed by atoms with Gasteiger partial charge in [-0.15, -0.1) is 0 Å². The number of hydrogen-bond acceptors (Lipinski definition) is 5. The van der Waals surface area contributed by atoms with Gasteiger partial charge in [0.05, 0.1) is 12.1 Å². The highest BCUT2D eigenvalue weighted by Gasteiger charge is 2.17. The maximum absolute atomic E-state index is 12.3. The Kier molecular flexibility index (Phi) is 6.03. The van der Waals surface area contributed by atoms with Crippen molar-refractivity contribution in [1.29, 1.82) is 0 Å². The molecule has 0 spiro atoms. The summed E-state index contributed by atoms with van der Waals surface area (Å²) in [5.41, 5.74) is 7.74. The summed E-state index contributed by atoms with van der Waals surface area (Å²) in [6.07, 6.45) is 0. The Balaban J connectivity index is 2.02. The third-order valence-electron chi connectivity index (χ3n) is 4.01. The summed E-state index contributed by atoms with van der Waals surface area (Å²) in [5, 5.41) is 5.36. The second-order valence-electron chi connectivity index (χ2n) is 6.47. The zero-order valence-electron chi connectivity index (χ0n) is 14.6. The molecular weight excluding hydrogens is 306 g/mol. The van der Waals surface area contributed by atoms with Crippen molar-refractivity contribution in [3.05, 3.63) is 23.8 Å². The molecule has 1 aliphatic rings. The smallest absolute Gasteiger partial charge is 0.253 e. The molecule has 1 heterocycles. The number of likely N-dealkylation sites (N-methyl/N-ethyl adjacent to an activating group) is 1. The van der Waals surface area contributed by atoms with E-state index < -0.39 is 0 Å². The number of amides is 2. The highest BCUT2D eigenvalue weighted by atomic mass is 16.2. The normalized spacial score (nSPS) is 15.4. The molecule has 0 aliphatic carbocycles. The Morgan fingerprint density at radius 2 is 1.88 bits per heavy atom. The molecule has 132 valence electrons. The molecule has 2 amide bonds. The van der Waals surface area contributed by atoms with Gasteiger partial charge in [-0.05, 0) is 39.1 Å². The second-order valence-corrected chi connectivity index (χ2v) is 6.47. The molecule has 0 atom stereocenters. The molecule has 4 N–H and O–H groups in total. The minimum atomic E-state index is -0.331. The summed E-state index contributed by atoms with van der Waals surface area (Å²) in [6.45, 7) is 7.49. The maximum atomic E-state index is 12.3. The lowest BCUT2D eigenvalue weighted by Crippen LogP contribution is -2.44. The van der Waals surface area contributed by atoms with Crippen LogP contribution in [0.1, 0.15) is 24.2 Å². The quantitative estimate of drug-likeness (QED) is 0.673. The zero-order chi connectivity index (χ0) is 17.7.